The molecule has 2 rings (SSSR count). The fraction of sp³-hybridized carbons (Fsp3) is 0.200. The van der Waals surface area contributed by atoms with Crippen LogP contribution >= 0.6 is 24.0 Å². The van der Waals surface area contributed by atoms with Crippen molar-refractivity contribution >= 4 is 52.5 Å². The van der Waals surface area contributed by atoms with Crippen molar-refractivity contribution in [3.63, 3.8) is 0 Å². The second-order valence-electron chi connectivity index (χ2n) is 4.58. The van der Waals surface area contributed by atoms with Gasteiger partial charge in [-0.15, -0.1) is 0 Å². The first kappa shape index (κ1) is 16.4. The van der Waals surface area contributed by atoms with Crippen LogP contribution in [0.15, 0.2) is 29.2 Å². The van der Waals surface area contributed by atoms with Gasteiger partial charge in [-0.05, 0) is 18.1 Å². The number of carbonyl (C=O) groups excluding carboxylic acids is 3. The van der Waals surface area contributed by atoms with E-state index in [0.29, 0.717) is 10.5 Å². The van der Waals surface area contributed by atoms with Crippen molar-refractivity contribution in [3.8, 4) is 0 Å². The van der Waals surface area contributed by atoms with Gasteiger partial charge in [0, 0.05) is 5.56 Å². The maximum absolute atomic E-state index is 12.4. The zero-order valence-corrected chi connectivity index (χ0v) is 13.3. The molecule has 0 unspecified atom stereocenters. The predicted molar refractivity (Wildman–Crippen MR) is 85.9 cm³/mol. The van der Waals surface area contributed by atoms with Crippen LogP contribution in [0, 0.1) is 0 Å². The van der Waals surface area contributed by atoms with E-state index in [0.717, 1.165) is 28.5 Å². The number of aliphatic carboxylic acids is 1. The topological polar surface area (TPSA) is 77.5 Å². The molecule has 5 nitrogen and oxygen atoms in total. The van der Waals surface area contributed by atoms with Crippen LogP contribution in [0.2, 0.25) is 0 Å². The Balaban J connectivity index is 2.28. The van der Waals surface area contributed by atoms with Gasteiger partial charge in [0.25, 0.3) is 5.91 Å². The lowest BCUT2D eigenvalue weighted by Crippen LogP contribution is -2.49. The molecular weight excluding hydrogens is 322 g/mol. The number of aldehydes is 1. The molecule has 0 spiro atoms. The number of thiocarbonyl (C=S) groups is 1. The summed E-state index contributed by atoms with van der Waals surface area (Å²) < 4.78 is 0.205. The minimum atomic E-state index is -1.32. The molecule has 1 aromatic rings. The summed E-state index contributed by atoms with van der Waals surface area (Å²) in [6.45, 7) is 1.65. The van der Waals surface area contributed by atoms with Gasteiger partial charge in [-0.25, -0.2) is 0 Å². The Morgan fingerprint density at radius 3 is 2.45 bits per heavy atom. The molecule has 7 heteroatoms. The van der Waals surface area contributed by atoms with E-state index in [1.165, 1.54) is 0 Å². The monoisotopic (exact) mass is 334 g/mol. The Labute approximate surface area is 137 Å². The third-order valence-corrected chi connectivity index (χ3v) is 4.49. The number of hydrogen-bond donors (Lipinski definition) is 0. The van der Waals surface area contributed by atoms with Crippen molar-refractivity contribution in [3.05, 3.63) is 40.3 Å². The minimum absolute atomic E-state index is 0.205. The second kappa shape index (κ2) is 6.85. The second-order valence-corrected chi connectivity index (χ2v) is 6.26. The number of carbonyl (C=O) groups is 3. The standard InChI is InChI=1S/C15H13NO4S2/c1-2-11(14(19)20)16-13(18)12(22-15(16)21)7-9-3-5-10(8-17)6-4-9/h3-8,11H,2H2,1H3,(H,19,20)/p-1/b12-7-/t11-/m0/s1. The molecule has 1 aliphatic heterocycles. The number of amides is 1. The molecule has 0 radical (unpaired) electrons. The number of hydrogen-bond acceptors (Lipinski definition) is 6. The number of nitrogens with zero attached hydrogens (tertiary/aromatic N) is 1. The zero-order valence-electron chi connectivity index (χ0n) is 11.6. The molecule has 22 heavy (non-hydrogen) atoms. The molecule has 0 aliphatic carbocycles. The number of thioether (sulfide) groups is 1. The van der Waals surface area contributed by atoms with Gasteiger partial charge in [0.15, 0.2) is 0 Å². The molecule has 1 fully saturated rings. The first-order valence-corrected chi connectivity index (χ1v) is 7.73. The van der Waals surface area contributed by atoms with E-state index in [2.05, 4.69) is 0 Å². The maximum Gasteiger partial charge on any atom is 0.266 e. The Kier molecular flexibility index (Phi) is 5.10. The van der Waals surface area contributed by atoms with Crippen LogP contribution in [0.25, 0.3) is 6.08 Å². The van der Waals surface area contributed by atoms with Crippen LogP contribution in [-0.2, 0) is 9.59 Å². The van der Waals surface area contributed by atoms with Crippen molar-refractivity contribution in [2.24, 2.45) is 0 Å². The first-order chi connectivity index (χ1) is 10.5. The van der Waals surface area contributed by atoms with Gasteiger partial charge in [-0.2, -0.15) is 0 Å². The van der Waals surface area contributed by atoms with E-state index in [9.17, 15) is 19.5 Å². The zero-order chi connectivity index (χ0) is 16.3. The molecule has 1 aliphatic rings. The first-order valence-electron chi connectivity index (χ1n) is 6.51. The van der Waals surface area contributed by atoms with Gasteiger partial charge in [-0.3, -0.25) is 14.5 Å². The Morgan fingerprint density at radius 2 is 1.95 bits per heavy atom. The molecule has 0 N–H and O–H groups in total. The lowest BCUT2D eigenvalue weighted by molar-refractivity contribution is -0.310. The van der Waals surface area contributed by atoms with Crippen LogP contribution in [0.4, 0.5) is 0 Å². The number of carboxylic acid groups (broad SMARTS) is 1. The lowest BCUT2D eigenvalue weighted by Gasteiger charge is -2.26. The quantitative estimate of drug-likeness (QED) is 0.458. The summed E-state index contributed by atoms with van der Waals surface area (Å²) in [6, 6.07) is 5.61. The van der Waals surface area contributed by atoms with Gasteiger partial charge in [-0.1, -0.05) is 55.2 Å². The highest BCUT2D eigenvalue weighted by Gasteiger charge is 2.36. The predicted octanol–water partition coefficient (Wildman–Crippen LogP) is 1.23. The van der Waals surface area contributed by atoms with Gasteiger partial charge in [0.05, 0.1) is 16.9 Å². The average Bonchev–Trinajstić information content (AvgIpc) is 2.76. The molecule has 114 valence electrons. The molecule has 1 aromatic carbocycles. The van der Waals surface area contributed by atoms with E-state index in [1.807, 2.05) is 0 Å². The van der Waals surface area contributed by atoms with Gasteiger partial charge < -0.3 is 9.90 Å². The Hall–Kier alpha value is -1.99. The van der Waals surface area contributed by atoms with Crippen LogP contribution in [-0.4, -0.2) is 33.4 Å². The molecule has 0 aromatic heterocycles. The lowest BCUT2D eigenvalue weighted by atomic mass is 10.1. The fourth-order valence-corrected chi connectivity index (χ4v) is 3.38. The number of carboxylic acids is 1. The highest BCUT2D eigenvalue weighted by atomic mass is 32.2. The van der Waals surface area contributed by atoms with E-state index < -0.39 is 17.9 Å². The van der Waals surface area contributed by atoms with Crippen molar-refractivity contribution in [1.29, 1.82) is 0 Å². The molecular formula is C15H12NO4S2-. The summed E-state index contributed by atoms with van der Waals surface area (Å²) >= 11 is 6.16. The summed E-state index contributed by atoms with van der Waals surface area (Å²) in [5.74, 6) is -1.76. The fourth-order valence-electron chi connectivity index (χ4n) is 2.03. The molecule has 1 saturated heterocycles. The van der Waals surface area contributed by atoms with E-state index in [1.54, 1.807) is 37.3 Å². The maximum atomic E-state index is 12.4. The smallest absolute Gasteiger partial charge is 0.266 e. The SMILES string of the molecule is CC[C@@H](C(=O)[O-])N1C(=O)/C(=C/c2ccc(C=O)cc2)SC1=S. The highest BCUT2D eigenvalue weighted by molar-refractivity contribution is 8.26. The summed E-state index contributed by atoms with van der Waals surface area (Å²) in [5.41, 5.74) is 1.26. The summed E-state index contributed by atoms with van der Waals surface area (Å²) in [6.07, 6.45) is 2.57. The molecule has 1 amide bonds. The van der Waals surface area contributed by atoms with E-state index >= 15 is 0 Å². The van der Waals surface area contributed by atoms with Gasteiger partial charge in [0.1, 0.15) is 10.6 Å². The van der Waals surface area contributed by atoms with Crippen LogP contribution in [0.5, 0.6) is 0 Å². The third-order valence-electron chi connectivity index (χ3n) is 3.16. The number of rotatable bonds is 5. The summed E-state index contributed by atoms with van der Waals surface area (Å²) in [5, 5.41) is 11.1. The third kappa shape index (κ3) is 3.26. The Bertz CT molecular complexity index is 667. The Morgan fingerprint density at radius 1 is 1.36 bits per heavy atom. The van der Waals surface area contributed by atoms with Crippen LogP contribution in [0.1, 0.15) is 29.3 Å². The molecule has 1 heterocycles. The largest absolute Gasteiger partial charge is 0.548 e. The molecule has 0 bridgehead atoms. The summed E-state index contributed by atoms with van der Waals surface area (Å²) in [7, 11) is 0. The molecule has 1 atom stereocenters. The summed E-state index contributed by atoms with van der Waals surface area (Å²) in [4.78, 5) is 35.5. The average molecular weight is 334 g/mol. The minimum Gasteiger partial charge on any atom is -0.548 e. The molecule has 0 saturated carbocycles. The van der Waals surface area contributed by atoms with Gasteiger partial charge >= 0.3 is 0 Å². The number of benzene rings is 1. The van der Waals surface area contributed by atoms with Crippen LogP contribution in [0.3, 0.4) is 0 Å². The van der Waals surface area contributed by atoms with Crippen molar-refractivity contribution in [2.45, 2.75) is 19.4 Å². The highest BCUT2D eigenvalue weighted by Crippen LogP contribution is 2.34. The van der Waals surface area contributed by atoms with Gasteiger partial charge in [0.2, 0.25) is 0 Å². The van der Waals surface area contributed by atoms with E-state index in [4.69, 9.17) is 12.2 Å². The van der Waals surface area contributed by atoms with Crippen molar-refractivity contribution < 1.29 is 19.5 Å². The van der Waals surface area contributed by atoms with Crippen molar-refractivity contribution in [1.82, 2.24) is 4.90 Å². The normalized spacial score (nSPS) is 17.9. The van der Waals surface area contributed by atoms with E-state index in [-0.39, 0.29) is 10.7 Å². The van der Waals surface area contributed by atoms with Crippen LogP contribution < -0.4 is 5.11 Å². The van der Waals surface area contributed by atoms with Crippen molar-refractivity contribution in [2.75, 3.05) is 0 Å².